The number of rotatable bonds is 6. The van der Waals surface area contributed by atoms with E-state index in [1.165, 1.54) is 0 Å². The number of nitrogens with zero attached hydrogens (tertiary/aromatic N) is 3. The number of carbonyl (C=O) groups excluding carboxylic acids is 1. The van der Waals surface area contributed by atoms with E-state index in [0.29, 0.717) is 12.4 Å². The zero-order chi connectivity index (χ0) is 18.5. The molecule has 0 aliphatic heterocycles. The van der Waals surface area contributed by atoms with Gasteiger partial charge < -0.3 is 10.1 Å². The van der Waals surface area contributed by atoms with Gasteiger partial charge in [0.05, 0.1) is 0 Å². The van der Waals surface area contributed by atoms with Gasteiger partial charge in [0.15, 0.2) is 0 Å². The molecule has 3 rings (SSSR count). The van der Waals surface area contributed by atoms with Crippen LogP contribution in [-0.2, 0) is 11.3 Å². The van der Waals surface area contributed by atoms with Crippen molar-refractivity contribution < 1.29 is 9.53 Å². The topological polar surface area (TPSA) is 69.0 Å². The molecule has 1 N–H and O–H groups in total. The zero-order valence-electron chi connectivity index (χ0n) is 15.1. The van der Waals surface area contributed by atoms with Gasteiger partial charge >= 0.3 is 0 Å². The van der Waals surface area contributed by atoms with Crippen LogP contribution in [0.1, 0.15) is 29.7 Å². The maximum atomic E-state index is 12.4. The summed E-state index contributed by atoms with van der Waals surface area (Å²) in [5.41, 5.74) is 2.90. The van der Waals surface area contributed by atoms with Gasteiger partial charge in [0.2, 0.25) is 11.8 Å². The third-order valence-corrected chi connectivity index (χ3v) is 4.21. The van der Waals surface area contributed by atoms with Gasteiger partial charge in [-0.05, 0) is 44.0 Å². The summed E-state index contributed by atoms with van der Waals surface area (Å²) in [6.07, 6.45) is 5.10. The molecule has 6 nitrogen and oxygen atoms in total. The van der Waals surface area contributed by atoms with Crippen LogP contribution < -0.4 is 10.1 Å². The van der Waals surface area contributed by atoms with Gasteiger partial charge in [0, 0.05) is 30.7 Å². The zero-order valence-corrected chi connectivity index (χ0v) is 15.1. The van der Waals surface area contributed by atoms with Crippen molar-refractivity contribution in [3.8, 4) is 11.6 Å². The minimum Gasteiger partial charge on any atom is -0.438 e. The predicted octanol–water partition coefficient (Wildman–Crippen LogP) is 3.56. The standard InChI is InChI=1S/C20H22N4O2/c1-14-7-4-8-15(2)18(14)26-20-17(9-5-10-21-20)13-22-19(25)16(3)24-12-6-11-23-24/h4-12,16H,13H2,1-3H3,(H,22,25)/t16-/m1/s1. The quantitative estimate of drug-likeness (QED) is 0.738. The van der Waals surface area contributed by atoms with Gasteiger partial charge in [0.25, 0.3) is 0 Å². The first-order valence-corrected chi connectivity index (χ1v) is 8.51. The van der Waals surface area contributed by atoms with Crippen LogP contribution in [0.5, 0.6) is 11.6 Å². The van der Waals surface area contributed by atoms with E-state index < -0.39 is 0 Å². The Morgan fingerprint density at radius 2 is 1.92 bits per heavy atom. The first kappa shape index (κ1) is 17.7. The molecule has 26 heavy (non-hydrogen) atoms. The smallest absolute Gasteiger partial charge is 0.244 e. The molecule has 0 unspecified atom stereocenters. The van der Waals surface area contributed by atoms with Crippen LogP contribution in [0.4, 0.5) is 0 Å². The van der Waals surface area contributed by atoms with E-state index in [9.17, 15) is 4.79 Å². The van der Waals surface area contributed by atoms with E-state index in [1.54, 1.807) is 36.3 Å². The van der Waals surface area contributed by atoms with Crippen molar-refractivity contribution >= 4 is 5.91 Å². The summed E-state index contributed by atoms with van der Waals surface area (Å²) in [7, 11) is 0. The molecule has 0 fully saturated rings. The Morgan fingerprint density at radius 1 is 1.15 bits per heavy atom. The van der Waals surface area contributed by atoms with E-state index in [2.05, 4.69) is 15.4 Å². The second kappa shape index (κ2) is 7.82. The highest BCUT2D eigenvalue weighted by Crippen LogP contribution is 2.29. The molecule has 1 amide bonds. The molecule has 0 aliphatic carbocycles. The van der Waals surface area contributed by atoms with Crippen LogP contribution in [0.2, 0.25) is 0 Å². The second-order valence-electron chi connectivity index (χ2n) is 6.17. The number of benzene rings is 1. The highest BCUT2D eigenvalue weighted by molar-refractivity contribution is 5.79. The number of para-hydroxylation sites is 1. The Kier molecular flexibility index (Phi) is 5.31. The minimum absolute atomic E-state index is 0.115. The molecule has 2 heterocycles. The number of hydrogen-bond donors (Lipinski definition) is 1. The van der Waals surface area contributed by atoms with Crippen molar-refractivity contribution in [2.75, 3.05) is 0 Å². The number of hydrogen-bond acceptors (Lipinski definition) is 4. The summed E-state index contributed by atoms with van der Waals surface area (Å²) in [5, 5.41) is 7.03. The SMILES string of the molecule is Cc1cccc(C)c1Oc1ncccc1CNC(=O)[C@@H](C)n1cccn1. The van der Waals surface area contributed by atoms with Crippen LogP contribution in [0.25, 0.3) is 0 Å². The third-order valence-electron chi connectivity index (χ3n) is 4.21. The Bertz CT molecular complexity index is 870. The van der Waals surface area contributed by atoms with Crippen LogP contribution in [-0.4, -0.2) is 20.7 Å². The first-order chi connectivity index (χ1) is 12.6. The molecule has 0 spiro atoms. The Morgan fingerprint density at radius 3 is 2.62 bits per heavy atom. The molecule has 134 valence electrons. The fourth-order valence-electron chi connectivity index (χ4n) is 2.67. The summed E-state index contributed by atoms with van der Waals surface area (Å²) in [6, 6.07) is 11.1. The lowest BCUT2D eigenvalue weighted by Gasteiger charge is -2.15. The van der Waals surface area contributed by atoms with Gasteiger partial charge in [-0.3, -0.25) is 9.48 Å². The van der Waals surface area contributed by atoms with Gasteiger partial charge in [-0.15, -0.1) is 0 Å². The number of pyridine rings is 1. The Balaban J connectivity index is 1.72. The lowest BCUT2D eigenvalue weighted by Crippen LogP contribution is -2.31. The number of amides is 1. The molecule has 3 aromatic rings. The highest BCUT2D eigenvalue weighted by Gasteiger charge is 2.16. The molecule has 0 saturated heterocycles. The van der Waals surface area contributed by atoms with Gasteiger partial charge in [-0.1, -0.05) is 24.3 Å². The summed E-state index contributed by atoms with van der Waals surface area (Å²) >= 11 is 0. The monoisotopic (exact) mass is 350 g/mol. The number of aryl methyl sites for hydroxylation is 2. The van der Waals surface area contributed by atoms with Crippen LogP contribution in [0.3, 0.4) is 0 Å². The van der Waals surface area contributed by atoms with Crippen LogP contribution in [0, 0.1) is 13.8 Å². The Labute approximate surface area is 152 Å². The summed E-state index contributed by atoms with van der Waals surface area (Å²) in [4.78, 5) is 16.7. The minimum atomic E-state index is -0.385. The average molecular weight is 350 g/mol. The van der Waals surface area contributed by atoms with Crippen molar-refractivity contribution in [3.05, 3.63) is 71.7 Å². The van der Waals surface area contributed by atoms with Crippen molar-refractivity contribution in [2.45, 2.75) is 33.4 Å². The van der Waals surface area contributed by atoms with Gasteiger partial charge in [-0.2, -0.15) is 5.10 Å². The third kappa shape index (κ3) is 3.91. The Hall–Kier alpha value is -3.15. The van der Waals surface area contributed by atoms with E-state index in [4.69, 9.17) is 4.74 Å². The molecule has 1 atom stereocenters. The largest absolute Gasteiger partial charge is 0.438 e. The summed E-state index contributed by atoms with van der Waals surface area (Å²) < 4.78 is 7.67. The van der Waals surface area contributed by atoms with E-state index in [1.807, 2.05) is 44.2 Å². The molecule has 0 aliphatic rings. The number of nitrogens with one attached hydrogen (secondary N) is 1. The normalized spacial score (nSPS) is 11.8. The molecule has 2 aromatic heterocycles. The lowest BCUT2D eigenvalue weighted by atomic mass is 10.1. The van der Waals surface area contributed by atoms with E-state index >= 15 is 0 Å². The van der Waals surface area contributed by atoms with E-state index in [0.717, 1.165) is 22.4 Å². The first-order valence-electron chi connectivity index (χ1n) is 8.51. The number of carbonyl (C=O) groups is 1. The maximum Gasteiger partial charge on any atom is 0.244 e. The summed E-state index contributed by atoms with van der Waals surface area (Å²) in [6.45, 7) is 6.13. The molecule has 0 saturated carbocycles. The van der Waals surface area contributed by atoms with Gasteiger partial charge in [0.1, 0.15) is 11.8 Å². The molecule has 0 radical (unpaired) electrons. The van der Waals surface area contributed by atoms with Gasteiger partial charge in [-0.25, -0.2) is 4.98 Å². The molecule has 0 bridgehead atoms. The fourth-order valence-corrected chi connectivity index (χ4v) is 2.67. The van der Waals surface area contributed by atoms with Crippen molar-refractivity contribution in [2.24, 2.45) is 0 Å². The second-order valence-corrected chi connectivity index (χ2v) is 6.17. The molecule has 6 heteroatoms. The van der Waals surface area contributed by atoms with Crippen molar-refractivity contribution in [3.63, 3.8) is 0 Å². The molecule has 1 aromatic carbocycles. The highest BCUT2D eigenvalue weighted by atomic mass is 16.5. The molecular formula is C20H22N4O2. The predicted molar refractivity (Wildman–Crippen MR) is 99.0 cm³/mol. The van der Waals surface area contributed by atoms with E-state index in [-0.39, 0.29) is 11.9 Å². The lowest BCUT2D eigenvalue weighted by molar-refractivity contribution is -0.124. The van der Waals surface area contributed by atoms with Crippen LogP contribution in [0.15, 0.2) is 55.0 Å². The van der Waals surface area contributed by atoms with Crippen molar-refractivity contribution in [1.29, 1.82) is 0 Å². The average Bonchev–Trinajstić information content (AvgIpc) is 3.17. The van der Waals surface area contributed by atoms with Crippen molar-refractivity contribution in [1.82, 2.24) is 20.1 Å². The number of aromatic nitrogens is 3. The fraction of sp³-hybridized carbons (Fsp3) is 0.250. The summed E-state index contributed by atoms with van der Waals surface area (Å²) in [5.74, 6) is 1.18. The van der Waals surface area contributed by atoms with Crippen LogP contribution >= 0.6 is 0 Å². The maximum absolute atomic E-state index is 12.4. The molecular weight excluding hydrogens is 328 g/mol. The number of ether oxygens (including phenoxy) is 1.